The van der Waals surface area contributed by atoms with Gasteiger partial charge in [-0.1, -0.05) is 11.6 Å². The lowest BCUT2D eigenvalue weighted by Crippen LogP contribution is -2.32. The molecule has 0 radical (unpaired) electrons. The zero-order valence-corrected chi connectivity index (χ0v) is 16.8. The van der Waals surface area contributed by atoms with E-state index in [9.17, 15) is 27.6 Å². The van der Waals surface area contributed by atoms with E-state index in [1.54, 1.807) is 18.2 Å². The average molecular weight is 442 g/mol. The van der Waals surface area contributed by atoms with Gasteiger partial charge in [0.1, 0.15) is 5.69 Å². The lowest BCUT2D eigenvalue weighted by Gasteiger charge is -2.14. The normalized spacial score (nSPS) is 13.4. The summed E-state index contributed by atoms with van der Waals surface area (Å²) >= 11 is 0. The maximum Gasteiger partial charge on any atom is 0.433 e. The van der Waals surface area contributed by atoms with E-state index in [1.165, 1.54) is 24.3 Å². The number of fused-ring (bicyclic) bond motifs is 1. The summed E-state index contributed by atoms with van der Waals surface area (Å²) in [6.45, 7) is 1.73. The van der Waals surface area contributed by atoms with Crippen molar-refractivity contribution < 1.29 is 27.6 Å². The summed E-state index contributed by atoms with van der Waals surface area (Å²) in [5, 5.41) is 6.30. The molecule has 2 heterocycles. The van der Waals surface area contributed by atoms with Gasteiger partial charge in [-0.3, -0.25) is 19.3 Å². The highest BCUT2D eigenvalue weighted by Gasteiger charge is 2.36. The van der Waals surface area contributed by atoms with Crippen molar-refractivity contribution >= 4 is 23.4 Å². The molecule has 1 aromatic heterocycles. The van der Waals surface area contributed by atoms with Gasteiger partial charge < -0.3 is 5.32 Å². The van der Waals surface area contributed by atoms with Crippen LogP contribution in [0.4, 0.5) is 18.9 Å². The molecule has 0 saturated carbocycles. The van der Waals surface area contributed by atoms with Crippen LogP contribution in [0.25, 0.3) is 5.69 Å². The molecule has 2 aromatic carbocycles. The number of imide groups is 1. The Hall–Kier alpha value is -3.95. The van der Waals surface area contributed by atoms with Gasteiger partial charge in [0.05, 0.1) is 23.0 Å². The van der Waals surface area contributed by atoms with Crippen molar-refractivity contribution in [2.45, 2.75) is 19.5 Å². The van der Waals surface area contributed by atoms with Crippen molar-refractivity contribution in [1.29, 1.82) is 0 Å². The van der Waals surface area contributed by atoms with Crippen LogP contribution < -0.4 is 5.32 Å². The summed E-state index contributed by atoms with van der Waals surface area (Å²) < 4.78 is 39.8. The van der Waals surface area contributed by atoms with Crippen LogP contribution in [0.2, 0.25) is 0 Å². The zero-order chi connectivity index (χ0) is 23.0. The predicted octanol–water partition coefficient (Wildman–Crippen LogP) is 3.82. The van der Waals surface area contributed by atoms with Crippen molar-refractivity contribution in [2.75, 3.05) is 11.9 Å². The molecular formula is C22H17F3N4O3. The van der Waals surface area contributed by atoms with Crippen molar-refractivity contribution in [3.8, 4) is 5.69 Å². The monoisotopic (exact) mass is 442 g/mol. The van der Waals surface area contributed by atoms with Crippen LogP contribution in [-0.2, 0) is 11.0 Å². The summed E-state index contributed by atoms with van der Waals surface area (Å²) in [5.74, 6) is -1.33. The highest BCUT2D eigenvalue weighted by atomic mass is 19.4. The molecule has 0 atom stereocenters. The van der Waals surface area contributed by atoms with Gasteiger partial charge in [-0.25, -0.2) is 4.68 Å². The Bertz CT molecular complexity index is 1220. The minimum Gasteiger partial charge on any atom is -0.326 e. The summed E-state index contributed by atoms with van der Waals surface area (Å²) in [5.41, 5.74) is 1.12. The lowest BCUT2D eigenvalue weighted by molar-refractivity contribution is -0.142. The third-order valence-electron chi connectivity index (χ3n) is 5.02. The number of alkyl halides is 3. The Labute approximate surface area is 180 Å². The molecule has 0 fully saturated rings. The second-order valence-corrected chi connectivity index (χ2v) is 7.28. The summed E-state index contributed by atoms with van der Waals surface area (Å²) in [6.07, 6.45) is -3.62. The number of nitrogens with zero attached hydrogens (tertiary/aromatic N) is 3. The van der Waals surface area contributed by atoms with Crippen LogP contribution >= 0.6 is 0 Å². The molecule has 3 amide bonds. The number of halogens is 3. The number of aryl methyl sites for hydroxylation is 1. The fourth-order valence-corrected chi connectivity index (χ4v) is 3.45. The van der Waals surface area contributed by atoms with Gasteiger partial charge in [-0.15, -0.1) is 0 Å². The largest absolute Gasteiger partial charge is 0.433 e. The molecule has 4 rings (SSSR count). The number of nitrogens with one attached hydrogen (secondary N) is 1. The van der Waals surface area contributed by atoms with E-state index in [0.29, 0.717) is 16.8 Å². The number of hydrogen-bond acceptors (Lipinski definition) is 4. The second-order valence-electron chi connectivity index (χ2n) is 7.28. The molecule has 164 valence electrons. The fraction of sp³-hybridized carbons (Fsp3) is 0.182. The van der Waals surface area contributed by atoms with Gasteiger partial charge in [-0.05, 0) is 49.4 Å². The topological polar surface area (TPSA) is 84.3 Å². The number of benzene rings is 2. The van der Waals surface area contributed by atoms with Crippen LogP contribution in [0.15, 0.2) is 54.7 Å². The van der Waals surface area contributed by atoms with Gasteiger partial charge in [0.2, 0.25) is 5.91 Å². The lowest BCUT2D eigenvalue weighted by atomic mass is 10.1. The van der Waals surface area contributed by atoms with Crippen LogP contribution in [0.5, 0.6) is 0 Å². The first kappa shape index (κ1) is 21.3. The zero-order valence-electron chi connectivity index (χ0n) is 16.8. The Kier molecular flexibility index (Phi) is 5.29. The van der Waals surface area contributed by atoms with Crippen LogP contribution in [0.3, 0.4) is 0 Å². The number of rotatable bonds is 5. The van der Waals surface area contributed by atoms with Gasteiger partial charge >= 0.3 is 6.18 Å². The highest BCUT2D eigenvalue weighted by Crippen LogP contribution is 2.30. The smallest absolute Gasteiger partial charge is 0.326 e. The fourth-order valence-electron chi connectivity index (χ4n) is 3.45. The molecule has 1 aliphatic rings. The third kappa shape index (κ3) is 3.98. The predicted molar refractivity (Wildman–Crippen MR) is 108 cm³/mol. The number of amides is 3. The molecule has 10 heteroatoms. The first-order valence-corrected chi connectivity index (χ1v) is 9.63. The standard InChI is InChI=1S/C22H17F3N4O3/c1-13-2-7-16-17(12-13)21(32)28(20(16)31)11-9-19(30)27-14-3-5-15(6-4-14)29-18(8-10-26-29)22(23,24)25/h2-8,10,12H,9,11H2,1H3,(H,27,30). The number of anilines is 1. The quantitative estimate of drug-likeness (QED) is 0.609. The molecule has 0 saturated heterocycles. The molecule has 32 heavy (non-hydrogen) atoms. The third-order valence-corrected chi connectivity index (χ3v) is 5.02. The van der Waals surface area contributed by atoms with Crippen molar-refractivity contribution in [2.24, 2.45) is 0 Å². The molecule has 7 nitrogen and oxygen atoms in total. The van der Waals surface area contributed by atoms with E-state index in [0.717, 1.165) is 27.4 Å². The number of carbonyl (C=O) groups excluding carboxylic acids is 3. The minimum absolute atomic E-state index is 0.0858. The van der Waals surface area contributed by atoms with E-state index < -0.39 is 29.6 Å². The first-order chi connectivity index (χ1) is 15.1. The van der Waals surface area contributed by atoms with Gasteiger partial charge in [0.25, 0.3) is 11.8 Å². The van der Waals surface area contributed by atoms with E-state index >= 15 is 0 Å². The van der Waals surface area contributed by atoms with Crippen molar-refractivity contribution in [1.82, 2.24) is 14.7 Å². The highest BCUT2D eigenvalue weighted by molar-refractivity contribution is 6.21. The molecule has 3 aromatic rings. The minimum atomic E-state index is -4.55. The molecule has 1 N–H and O–H groups in total. The van der Waals surface area contributed by atoms with Crippen LogP contribution in [0.1, 0.15) is 38.4 Å². The van der Waals surface area contributed by atoms with E-state index in [1.807, 2.05) is 6.92 Å². The number of carbonyl (C=O) groups is 3. The maximum absolute atomic E-state index is 13.0. The summed E-state index contributed by atoms with van der Waals surface area (Å²) in [4.78, 5) is 38.2. The Morgan fingerprint density at radius 1 is 1.00 bits per heavy atom. The van der Waals surface area contributed by atoms with E-state index in [-0.39, 0.29) is 18.7 Å². The molecule has 0 aliphatic carbocycles. The molecular weight excluding hydrogens is 425 g/mol. The Balaban J connectivity index is 1.38. The average Bonchev–Trinajstić information content (AvgIpc) is 3.32. The van der Waals surface area contributed by atoms with Gasteiger partial charge in [-0.2, -0.15) is 18.3 Å². The van der Waals surface area contributed by atoms with Crippen molar-refractivity contribution in [3.63, 3.8) is 0 Å². The Morgan fingerprint density at radius 2 is 1.69 bits per heavy atom. The second kappa shape index (κ2) is 7.95. The SMILES string of the molecule is Cc1ccc2c(c1)C(=O)N(CCC(=O)Nc1ccc(-n3nccc3C(F)(F)F)cc1)C2=O. The Morgan fingerprint density at radius 3 is 2.38 bits per heavy atom. The molecule has 0 unspecified atom stereocenters. The number of aromatic nitrogens is 2. The van der Waals surface area contributed by atoms with E-state index in [4.69, 9.17) is 0 Å². The van der Waals surface area contributed by atoms with Gasteiger partial charge in [0.15, 0.2) is 0 Å². The maximum atomic E-state index is 13.0. The summed E-state index contributed by atoms with van der Waals surface area (Å²) in [7, 11) is 0. The van der Waals surface area contributed by atoms with Crippen molar-refractivity contribution in [3.05, 3.63) is 77.1 Å². The molecule has 0 spiro atoms. The van der Waals surface area contributed by atoms with E-state index in [2.05, 4.69) is 10.4 Å². The van der Waals surface area contributed by atoms with Gasteiger partial charge in [0, 0.05) is 18.7 Å². The summed E-state index contributed by atoms with van der Waals surface area (Å²) in [6, 6.07) is 11.5. The molecule has 1 aliphatic heterocycles. The van der Waals surface area contributed by atoms with Crippen LogP contribution in [-0.4, -0.2) is 38.9 Å². The molecule has 0 bridgehead atoms. The number of hydrogen-bond donors (Lipinski definition) is 1. The first-order valence-electron chi connectivity index (χ1n) is 9.63. The van der Waals surface area contributed by atoms with Crippen LogP contribution in [0, 0.1) is 6.92 Å².